The minimum absolute atomic E-state index is 0.146. The summed E-state index contributed by atoms with van der Waals surface area (Å²) in [6.45, 7) is 5.39. The van der Waals surface area contributed by atoms with E-state index in [1.165, 1.54) is 36.5 Å². The number of nitrogens with zero attached hydrogens (tertiary/aromatic N) is 2. The van der Waals surface area contributed by atoms with Crippen molar-refractivity contribution in [2.75, 3.05) is 23.5 Å². The lowest BCUT2D eigenvalue weighted by Gasteiger charge is -2.21. The van der Waals surface area contributed by atoms with Gasteiger partial charge in [0.1, 0.15) is 5.56 Å². The van der Waals surface area contributed by atoms with Crippen molar-refractivity contribution in [3.63, 3.8) is 0 Å². The normalized spacial score (nSPS) is 11.4. The monoisotopic (exact) mass is 488 g/mol. The van der Waals surface area contributed by atoms with Gasteiger partial charge in [0.2, 0.25) is 5.91 Å². The number of carbonyl (C=O) groups is 2. The number of hydrogen-bond donors (Lipinski definition) is 2. The molecule has 11 heteroatoms. The number of thiazole rings is 1. The van der Waals surface area contributed by atoms with Crippen LogP contribution < -0.4 is 10.6 Å². The Hall–Kier alpha value is -3.02. The number of amides is 2. The summed E-state index contributed by atoms with van der Waals surface area (Å²) in [4.78, 5) is 39.5. The second-order valence-corrected chi connectivity index (χ2v) is 10.2. The molecule has 2 aromatic carbocycles. The lowest BCUT2D eigenvalue weighted by molar-refractivity contribution is -0.385. The van der Waals surface area contributed by atoms with Gasteiger partial charge >= 0.3 is 0 Å². The van der Waals surface area contributed by atoms with E-state index in [-0.39, 0.29) is 22.8 Å². The number of hydrogen-bond acceptors (Lipinski definition) is 8. The van der Waals surface area contributed by atoms with Gasteiger partial charge in [-0.3, -0.25) is 19.7 Å². The maximum atomic E-state index is 12.8. The summed E-state index contributed by atoms with van der Waals surface area (Å²) < 4.78 is 7.25. The molecule has 9 nitrogen and oxygen atoms in total. The third-order valence-electron chi connectivity index (χ3n) is 4.87. The minimum atomic E-state index is -0.644. The molecular formula is C22H24N4O5S2. The Labute approximate surface area is 199 Å². The van der Waals surface area contributed by atoms with E-state index in [0.717, 1.165) is 26.7 Å². The quantitative estimate of drug-likeness (QED) is 0.237. The summed E-state index contributed by atoms with van der Waals surface area (Å²) in [6, 6.07) is 9.15. The van der Waals surface area contributed by atoms with Crippen molar-refractivity contribution in [2.45, 2.75) is 37.1 Å². The zero-order chi connectivity index (χ0) is 24.2. The molecule has 174 valence electrons. The molecule has 0 bridgehead atoms. The molecule has 3 rings (SSSR count). The molecule has 0 aliphatic rings. The van der Waals surface area contributed by atoms with Crippen LogP contribution in [0.2, 0.25) is 0 Å². The summed E-state index contributed by atoms with van der Waals surface area (Å²) in [5, 5.41) is 16.6. The number of nitrogens with one attached hydrogen (secondary N) is 2. The van der Waals surface area contributed by atoms with Crippen LogP contribution in [0.25, 0.3) is 10.2 Å². The van der Waals surface area contributed by atoms with E-state index in [0.29, 0.717) is 11.4 Å². The Kier molecular flexibility index (Phi) is 7.67. The van der Waals surface area contributed by atoms with Crippen LogP contribution in [0, 0.1) is 10.1 Å². The van der Waals surface area contributed by atoms with Crippen molar-refractivity contribution in [1.29, 1.82) is 0 Å². The number of ether oxygens (including phenoxy) is 1. The van der Waals surface area contributed by atoms with Crippen molar-refractivity contribution in [3.8, 4) is 0 Å². The van der Waals surface area contributed by atoms with Gasteiger partial charge in [-0.25, -0.2) is 4.98 Å². The van der Waals surface area contributed by atoms with Crippen molar-refractivity contribution < 1.29 is 19.2 Å². The molecule has 0 atom stereocenters. The van der Waals surface area contributed by atoms with Crippen LogP contribution in [-0.2, 0) is 9.53 Å². The smallest absolute Gasteiger partial charge is 0.282 e. The molecule has 3 aromatic rings. The fourth-order valence-electron chi connectivity index (χ4n) is 2.89. The fourth-order valence-corrected chi connectivity index (χ4v) is 5.31. The molecule has 0 fully saturated rings. The Morgan fingerprint density at radius 3 is 2.55 bits per heavy atom. The molecule has 0 unspecified atom stereocenters. The van der Waals surface area contributed by atoms with Gasteiger partial charge in [-0.15, -0.1) is 11.3 Å². The zero-order valence-electron chi connectivity index (χ0n) is 18.6. The number of carbonyl (C=O) groups excluding carboxylic acids is 2. The topological polar surface area (TPSA) is 123 Å². The minimum Gasteiger partial charge on any atom is -0.379 e. The van der Waals surface area contributed by atoms with E-state index in [9.17, 15) is 19.7 Å². The number of methoxy groups -OCH3 is 1. The molecule has 0 aliphatic heterocycles. The molecule has 2 amide bonds. The van der Waals surface area contributed by atoms with Gasteiger partial charge in [0.05, 0.1) is 20.7 Å². The summed E-state index contributed by atoms with van der Waals surface area (Å²) in [7, 11) is 1.70. The second kappa shape index (κ2) is 10.3. The highest BCUT2D eigenvalue weighted by atomic mass is 32.2. The summed E-state index contributed by atoms with van der Waals surface area (Å²) in [5.74, 6) is -0.127. The Bertz CT molecular complexity index is 1210. The first-order valence-electron chi connectivity index (χ1n) is 10.0. The van der Waals surface area contributed by atoms with Gasteiger partial charge in [-0.05, 0) is 50.6 Å². The third kappa shape index (κ3) is 6.50. The second-order valence-electron chi connectivity index (χ2n) is 7.85. The third-order valence-corrected chi connectivity index (χ3v) is 7.03. The number of nitro groups is 1. The van der Waals surface area contributed by atoms with Crippen LogP contribution in [0.4, 0.5) is 17.1 Å². The molecule has 2 N–H and O–H groups in total. The van der Waals surface area contributed by atoms with E-state index >= 15 is 0 Å². The maximum absolute atomic E-state index is 12.8. The van der Waals surface area contributed by atoms with Crippen molar-refractivity contribution in [1.82, 2.24) is 4.98 Å². The van der Waals surface area contributed by atoms with E-state index in [4.69, 9.17) is 4.74 Å². The lowest BCUT2D eigenvalue weighted by atomic mass is 10.1. The number of benzene rings is 2. The van der Waals surface area contributed by atoms with E-state index in [2.05, 4.69) is 15.6 Å². The number of anilines is 2. The Balaban J connectivity index is 1.77. The van der Waals surface area contributed by atoms with Gasteiger partial charge in [-0.2, -0.15) is 0 Å². The van der Waals surface area contributed by atoms with Gasteiger partial charge < -0.3 is 15.4 Å². The van der Waals surface area contributed by atoms with Crippen molar-refractivity contribution in [2.24, 2.45) is 0 Å². The van der Waals surface area contributed by atoms with Crippen LogP contribution in [0.1, 0.15) is 37.6 Å². The molecule has 0 saturated heterocycles. The first kappa shape index (κ1) is 24.6. The van der Waals surface area contributed by atoms with Crippen LogP contribution in [0.3, 0.4) is 0 Å². The number of thioether (sulfide) groups is 1. The predicted octanol–water partition coefficient (Wildman–Crippen LogP) is 5.32. The highest BCUT2D eigenvalue weighted by Crippen LogP contribution is 2.33. The first-order chi connectivity index (χ1) is 15.6. The average molecular weight is 489 g/mol. The van der Waals surface area contributed by atoms with Crippen LogP contribution in [0.5, 0.6) is 0 Å². The average Bonchev–Trinajstić information content (AvgIpc) is 3.14. The lowest BCUT2D eigenvalue weighted by Crippen LogP contribution is -2.22. The first-order valence-corrected chi connectivity index (χ1v) is 11.8. The van der Waals surface area contributed by atoms with E-state index in [1.54, 1.807) is 37.1 Å². The van der Waals surface area contributed by atoms with Crippen molar-refractivity contribution in [3.05, 3.63) is 52.1 Å². The summed E-state index contributed by atoms with van der Waals surface area (Å²) in [5.41, 5.74) is 0.916. The molecule has 0 saturated carbocycles. The predicted molar refractivity (Wildman–Crippen MR) is 131 cm³/mol. The highest BCUT2D eigenvalue weighted by Gasteiger charge is 2.22. The van der Waals surface area contributed by atoms with Crippen molar-refractivity contribution >= 4 is 62.2 Å². The molecule has 0 spiro atoms. The van der Waals surface area contributed by atoms with E-state index < -0.39 is 10.8 Å². The maximum Gasteiger partial charge on any atom is 0.282 e. The number of rotatable bonds is 9. The van der Waals surface area contributed by atoms with Gasteiger partial charge in [0.15, 0.2) is 4.34 Å². The number of fused-ring (bicyclic) bond motifs is 1. The van der Waals surface area contributed by atoms with Crippen LogP contribution in [-0.4, -0.2) is 40.2 Å². The summed E-state index contributed by atoms with van der Waals surface area (Å²) in [6.07, 6.45) is 0.877. The number of aromatic nitrogens is 1. The highest BCUT2D eigenvalue weighted by molar-refractivity contribution is 8.01. The number of nitro benzene ring substituents is 1. The SMILES string of the molecule is COC(C)(C)CCSc1nc2ccc(NC(=O)c3cc(NC(C)=O)ccc3[N+](=O)[O-])cc2s1. The molecule has 1 aromatic heterocycles. The molecule has 1 heterocycles. The Morgan fingerprint density at radius 2 is 1.88 bits per heavy atom. The zero-order valence-corrected chi connectivity index (χ0v) is 20.3. The molecule has 0 aliphatic carbocycles. The van der Waals surface area contributed by atoms with Crippen LogP contribution in [0.15, 0.2) is 40.7 Å². The molecule has 33 heavy (non-hydrogen) atoms. The standard InChI is InChI=1S/C22H24N4O5S2/c1-13(27)23-14-6-8-18(26(29)30)16(11-14)20(28)24-15-5-7-17-19(12-15)33-21(25-17)32-10-9-22(2,3)31-4/h5-8,11-12H,9-10H2,1-4H3,(H,23,27)(H,24,28). The van der Waals surface area contributed by atoms with Gasteiger partial charge in [0.25, 0.3) is 11.6 Å². The fraction of sp³-hybridized carbons (Fsp3) is 0.318. The largest absolute Gasteiger partial charge is 0.379 e. The summed E-state index contributed by atoms with van der Waals surface area (Å²) >= 11 is 3.16. The van der Waals surface area contributed by atoms with Gasteiger partial charge in [0, 0.05) is 37.2 Å². The molecular weight excluding hydrogens is 464 g/mol. The van der Waals surface area contributed by atoms with E-state index in [1.807, 2.05) is 13.8 Å². The van der Waals surface area contributed by atoms with Crippen LogP contribution >= 0.6 is 23.1 Å². The van der Waals surface area contributed by atoms with Gasteiger partial charge in [-0.1, -0.05) is 11.8 Å². The Morgan fingerprint density at radius 1 is 1.18 bits per heavy atom. The molecule has 0 radical (unpaired) electrons.